The van der Waals surface area contributed by atoms with E-state index in [0.717, 1.165) is 32.1 Å². The van der Waals surface area contributed by atoms with Crippen molar-refractivity contribution >= 4 is 41.4 Å². The van der Waals surface area contributed by atoms with Crippen LogP contribution in [0.3, 0.4) is 0 Å². The first kappa shape index (κ1) is 19.5. The number of imidazole rings is 2. The molecule has 0 aliphatic rings. The molecule has 2 heterocycles. The molecule has 2 unspecified atom stereocenters. The highest BCUT2D eigenvalue weighted by molar-refractivity contribution is 7.26. The molecule has 136 valence electrons. The van der Waals surface area contributed by atoms with Crippen molar-refractivity contribution in [2.75, 3.05) is 13.1 Å². The van der Waals surface area contributed by atoms with Gasteiger partial charge in [-0.1, -0.05) is 37.7 Å². The van der Waals surface area contributed by atoms with Crippen LogP contribution >= 0.6 is 18.5 Å². The van der Waals surface area contributed by atoms with Gasteiger partial charge in [-0.05, 0) is 12.8 Å². The van der Waals surface area contributed by atoms with E-state index in [2.05, 4.69) is 49.0 Å². The summed E-state index contributed by atoms with van der Waals surface area (Å²) in [6.07, 6.45) is 8.08. The molecule has 8 nitrogen and oxygen atoms in total. The van der Waals surface area contributed by atoms with Gasteiger partial charge in [0.1, 0.15) is 22.5 Å². The molecule has 2 rings (SSSR count). The summed E-state index contributed by atoms with van der Waals surface area (Å²) in [6, 6.07) is 0. The fraction of sp³-hybridized carbons (Fsp3) is 0.467. The summed E-state index contributed by atoms with van der Waals surface area (Å²) in [5.41, 5.74) is 2.26. The minimum Gasteiger partial charge on any atom is -0.351 e. The highest BCUT2D eigenvalue weighted by Crippen LogP contribution is 2.02. The van der Waals surface area contributed by atoms with Gasteiger partial charge in [-0.25, -0.2) is 9.97 Å². The summed E-state index contributed by atoms with van der Waals surface area (Å²) >= 11 is 0. The number of rotatable bonds is 10. The third kappa shape index (κ3) is 6.92. The molecule has 0 fully saturated rings. The molecular formula is C15H24N6O2P2. The third-order valence-corrected chi connectivity index (χ3v) is 4.19. The Morgan fingerprint density at radius 2 is 1.20 bits per heavy atom. The largest absolute Gasteiger partial charge is 0.351 e. The first-order chi connectivity index (χ1) is 12.1. The van der Waals surface area contributed by atoms with E-state index >= 15 is 0 Å². The lowest BCUT2D eigenvalue weighted by Crippen LogP contribution is -2.25. The summed E-state index contributed by atoms with van der Waals surface area (Å²) in [6.45, 7) is 1.30. The van der Waals surface area contributed by atoms with Crippen LogP contribution in [0.1, 0.15) is 53.1 Å². The van der Waals surface area contributed by atoms with Gasteiger partial charge in [0.2, 0.25) is 0 Å². The number of carbonyl (C=O) groups is 2. The second kappa shape index (κ2) is 10.3. The molecule has 10 heteroatoms. The van der Waals surface area contributed by atoms with Crippen molar-refractivity contribution < 1.29 is 9.59 Å². The Bertz CT molecular complexity index is 642. The Hall–Kier alpha value is -1.78. The first-order valence-corrected chi connectivity index (χ1v) is 9.39. The van der Waals surface area contributed by atoms with Gasteiger partial charge in [0.15, 0.2) is 0 Å². The molecule has 25 heavy (non-hydrogen) atoms. The van der Waals surface area contributed by atoms with Crippen LogP contribution in [0.4, 0.5) is 0 Å². The van der Waals surface area contributed by atoms with Crippen LogP contribution in [0.5, 0.6) is 0 Å². The van der Waals surface area contributed by atoms with Gasteiger partial charge in [-0.2, -0.15) is 0 Å². The monoisotopic (exact) mass is 382 g/mol. The number of aromatic nitrogens is 4. The Morgan fingerprint density at radius 3 is 1.56 bits per heavy atom. The molecule has 2 amide bonds. The molecule has 0 saturated carbocycles. The lowest BCUT2D eigenvalue weighted by Gasteiger charge is -2.05. The van der Waals surface area contributed by atoms with Gasteiger partial charge in [0, 0.05) is 13.1 Å². The average molecular weight is 382 g/mol. The highest BCUT2D eigenvalue weighted by atomic mass is 31.0. The predicted molar refractivity (Wildman–Crippen MR) is 104 cm³/mol. The molecule has 4 N–H and O–H groups in total. The van der Waals surface area contributed by atoms with Crippen LogP contribution < -0.4 is 21.8 Å². The Morgan fingerprint density at radius 1 is 0.800 bits per heavy atom. The molecule has 2 aromatic rings. The van der Waals surface area contributed by atoms with E-state index < -0.39 is 0 Å². The number of unbranched alkanes of at least 4 members (excludes halogenated alkanes) is 4. The molecular weight excluding hydrogens is 358 g/mol. The summed E-state index contributed by atoms with van der Waals surface area (Å²) in [4.78, 5) is 37.2. The van der Waals surface area contributed by atoms with E-state index in [0.29, 0.717) is 35.6 Å². The maximum Gasteiger partial charge on any atom is 0.269 e. The van der Waals surface area contributed by atoms with Crippen molar-refractivity contribution in [1.82, 2.24) is 30.6 Å². The topological polar surface area (TPSA) is 116 Å². The second-order valence-corrected chi connectivity index (χ2v) is 6.74. The van der Waals surface area contributed by atoms with E-state index in [1.807, 2.05) is 0 Å². The standard InChI is InChI=1S/C15H24N6O2P2/c22-12(10-8-18-14(24)20-10)16-6-4-2-1-3-5-7-17-13(23)11-9-19-15(25)21-11/h8-9H,1-7,24-25H2,(H,16,22)(H,17,23)(H,18,20)(H,19,21). The molecule has 0 aliphatic heterocycles. The molecule has 0 saturated heterocycles. The lowest BCUT2D eigenvalue weighted by atomic mass is 10.1. The number of nitrogens with zero attached hydrogens (tertiary/aromatic N) is 2. The molecule has 2 atom stereocenters. The normalized spacial score (nSPS) is 10.6. The van der Waals surface area contributed by atoms with Crippen molar-refractivity contribution in [1.29, 1.82) is 0 Å². The van der Waals surface area contributed by atoms with E-state index in [1.165, 1.54) is 12.4 Å². The summed E-state index contributed by atoms with van der Waals surface area (Å²) in [7, 11) is 4.83. The summed E-state index contributed by atoms with van der Waals surface area (Å²) in [5.74, 6) is -0.257. The Labute approximate surface area is 151 Å². The number of H-pyrrole nitrogens is 2. The number of carbonyl (C=O) groups excluding carboxylic acids is 2. The van der Waals surface area contributed by atoms with Gasteiger partial charge >= 0.3 is 0 Å². The number of hydrogen-bond donors (Lipinski definition) is 4. The van der Waals surface area contributed by atoms with Crippen LogP contribution in [0, 0.1) is 0 Å². The van der Waals surface area contributed by atoms with Gasteiger partial charge < -0.3 is 20.6 Å². The minimum absolute atomic E-state index is 0.128. The fourth-order valence-electron chi connectivity index (χ4n) is 2.28. The van der Waals surface area contributed by atoms with Crippen LogP contribution in [-0.2, 0) is 0 Å². The van der Waals surface area contributed by atoms with Gasteiger partial charge in [0.05, 0.1) is 12.4 Å². The molecule has 2 aromatic heterocycles. The van der Waals surface area contributed by atoms with Gasteiger partial charge in [-0.3, -0.25) is 9.59 Å². The second-order valence-electron chi connectivity index (χ2n) is 5.64. The summed E-state index contributed by atoms with van der Waals surface area (Å²) in [5, 5.41) is 5.72. The fourth-order valence-corrected chi connectivity index (χ4v) is 2.74. The number of amides is 2. The Balaban J connectivity index is 1.44. The molecule has 0 bridgehead atoms. The van der Waals surface area contributed by atoms with Crippen molar-refractivity contribution in [3.8, 4) is 0 Å². The average Bonchev–Trinajstić information content (AvgIpc) is 3.21. The first-order valence-electron chi connectivity index (χ1n) is 8.23. The van der Waals surface area contributed by atoms with Crippen LogP contribution in [0.2, 0.25) is 0 Å². The van der Waals surface area contributed by atoms with Crippen molar-refractivity contribution in [3.05, 3.63) is 23.8 Å². The summed E-state index contributed by atoms with van der Waals surface area (Å²) < 4.78 is 0. The van der Waals surface area contributed by atoms with E-state index in [4.69, 9.17) is 0 Å². The van der Waals surface area contributed by atoms with E-state index in [9.17, 15) is 9.59 Å². The molecule has 0 radical (unpaired) electrons. The zero-order chi connectivity index (χ0) is 18.1. The smallest absolute Gasteiger partial charge is 0.269 e. The lowest BCUT2D eigenvalue weighted by molar-refractivity contribution is 0.0941. The van der Waals surface area contributed by atoms with Crippen molar-refractivity contribution in [3.63, 3.8) is 0 Å². The highest BCUT2D eigenvalue weighted by Gasteiger charge is 2.07. The van der Waals surface area contributed by atoms with Crippen molar-refractivity contribution in [2.24, 2.45) is 0 Å². The number of hydrogen-bond acceptors (Lipinski definition) is 4. The minimum atomic E-state index is -0.128. The van der Waals surface area contributed by atoms with Gasteiger partial charge in [0.25, 0.3) is 11.8 Å². The van der Waals surface area contributed by atoms with Crippen LogP contribution in [0.15, 0.2) is 12.4 Å². The zero-order valence-corrected chi connectivity index (χ0v) is 16.3. The number of aromatic amines is 2. The van der Waals surface area contributed by atoms with Gasteiger partial charge in [-0.15, -0.1) is 0 Å². The molecule has 0 aliphatic carbocycles. The predicted octanol–water partition coefficient (Wildman–Crippen LogP) is 0.244. The zero-order valence-electron chi connectivity index (χ0n) is 14.0. The SMILES string of the molecule is O=C(NCCCCCCCNC(=O)c1cnc(P)[nH]1)c1cnc(P)[nH]1. The van der Waals surface area contributed by atoms with Crippen molar-refractivity contribution in [2.45, 2.75) is 32.1 Å². The Kier molecular flexibility index (Phi) is 8.02. The van der Waals surface area contributed by atoms with Crippen LogP contribution in [-0.4, -0.2) is 44.8 Å². The molecule has 0 aromatic carbocycles. The quantitative estimate of drug-likeness (QED) is 0.348. The maximum atomic E-state index is 11.8. The van der Waals surface area contributed by atoms with E-state index in [1.54, 1.807) is 0 Å². The third-order valence-electron chi connectivity index (χ3n) is 3.60. The van der Waals surface area contributed by atoms with E-state index in [-0.39, 0.29) is 11.8 Å². The van der Waals surface area contributed by atoms with Crippen LogP contribution in [0.25, 0.3) is 0 Å². The maximum absolute atomic E-state index is 11.8. The number of nitrogens with one attached hydrogen (secondary N) is 4. The molecule has 0 spiro atoms.